The minimum absolute atomic E-state index is 0.353. The number of anilines is 4. The zero-order valence-corrected chi connectivity index (χ0v) is 22.8. The first-order valence-corrected chi connectivity index (χ1v) is 17.3. The van der Waals surface area contributed by atoms with Crippen molar-refractivity contribution < 1.29 is 13.9 Å². The number of hydrogen-bond acceptors (Lipinski definition) is 4. The molecule has 168 valence electrons. The summed E-state index contributed by atoms with van der Waals surface area (Å²) < 4.78 is 0. The molecule has 0 aromatic heterocycles. The zero-order valence-electron chi connectivity index (χ0n) is 18.1. The molecule has 0 saturated carbocycles. The summed E-state index contributed by atoms with van der Waals surface area (Å²) in [7, 11) is 0. The van der Waals surface area contributed by atoms with E-state index in [-0.39, 0.29) is 0 Å². The van der Waals surface area contributed by atoms with E-state index in [1.165, 1.54) is 22.7 Å². The Labute approximate surface area is 203 Å². The van der Waals surface area contributed by atoms with Crippen molar-refractivity contribution in [2.45, 2.75) is 52.7 Å². The van der Waals surface area contributed by atoms with Crippen LogP contribution in [-0.4, -0.2) is 24.7 Å². The normalized spacial score (nSPS) is 16.2. The van der Waals surface area contributed by atoms with E-state index in [0.29, 0.717) is 32.1 Å². The fraction of sp³-hybridized carbons (Fsp3) is 0.391. The Balaban J connectivity index is 0.000000806. The molecule has 0 amide bonds. The van der Waals surface area contributed by atoms with Crippen LogP contribution in [-0.2, 0) is 13.9 Å². The fourth-order valence-corrected chi connectivity index (χ4v) is 4.05. The number of nitrogens with zero attached hydrogens (tertiary/aromatic N) is 4. The third-order valence-electron chi connectivity index (χ3n) is 5.47. The number of para-hydroxylation sites is 4. The Morgan fingerprint density at radius 3 is 1.60 bits per heavy atom. The van der Waals surface area contributed by atoms with Gasteiger partial charge in [0, 0.05) is 35.3 Å². The van der Waals surface area contributed by atoms with Crippen molar-refractivity contribution in [1.82, 2.24) is 0 Å². The number of halogens is 2. The average Bonchev–Trinajstić information content (AvgIpc) is 3.28. The molecule has 2 aromatic carbocycles. The van der Waals surface area contributed by atoms with Crippen LogP contribution in [0.5, 0.6) is 0 Å². The van der Waals surface area contributed by atoms with Crippen molar-refractivity contribution in [3.05, 3.63) is 61.9 Å². The van der Waals surface area contributed by atoms with Crippen molar-refractivity contribution in [1.29, 1.82) is 0 Å². The van der Waals surface area contributed by atoms with E-state index >= 15 is 0 Å². The molecular weight excluding hydrogens is 599 g/mol. The summed E-state index contributed by atoms with van der Waals surface area (Å²) in [5.74, 6) is 0. The van der Waals surface area contributed by atoms with Gasteiger partial charge in [0.1, 0.15) is 0 Å². The topological polar surface area (TPSA) is 13.0 Å². The van der Waals surface area contributed by atoms with Crippen molar-refractivity contribution in [3.8, 4) is 0 Å². The van der Waals surface area contributed by atoms with Crippen LogP contribution >= 0.6 is 26.9 Å². The van der Waals surface area contributed by atoms with E-state index in [0.717, 1.165) is 6.54 Å². The number of rotatable bonds is 5. The second-order valence-electron chi connectivity index (χ2n) is 8.16. The fourth-order valence-electron chi connectivity index (χ4n) is 4.05. The summed E-state index contributed by atoms with van der Waals surface area (Å²) >= 11 is 6.80. The van der Waals surface area contributed by atoms with Gasteiger partial charge in [-0.3, -0.25) is 0 Å². The van der Waals surface area contributed by atoms with Gasteiger partial charge in [-0.05, 0) is 71.0 Å². The predicted molar refractivity (Wildman–Crippen MR) is 134 cm³/mol. The molecule has 0 fully saturated rings. The maximum atomic E-state index is 3.11. The van der Waals surface area contributed by atoms with Crippen LogP contribution in [0.2, 0.25) is 0 Å². The molecule has 0 saturated heterocycles. The molecule has 7 heteroatoms. The van der Waals surface area contributed by atoms with Crippen molar-refractivity contribution in [2.75, 3.05) is 26.1 Å². The number of hydrogen-bond donors (Lipinski definition) is 0. The molecule has 0 radical (unpaired) electrons. The molecule has 4 rings (SSSR count). The second kappa shape index (κ2) is 10.7. The summed E-state index contributed by atoms with van der Waals surface area (Å²) in [6.45, 7) is 16.8. The summed E-state index contributed by atoms with van der Waals surface area (Å²) in [5, 5.41) is 0. The van der Waals surface area contributed by atoms with Crippen LogP contribution in [0.4, 0.5) is 22.7 Å². The minimum atomic E-state index is 0.353. The summed E-state index contributed by atoms with van der Waals surface area (Å²) in [5.41, 5.74) is 5.20. The van der Waals surface area contributed by atoms with Crippen molar-refractivity contribution in [2.24, 2.45) is 0 Å². The summed E-state index contributed by atoms with van der Waals surface area (Å²) in [6, 6.07) is 18.6. The van der Waals surface area contributed by atoms with Crippen LogP contribution in [0, 0.1) is 13.3 Å². The molecule has 2 aliphatic heterocycles. The first-order chi connectivity index (χ1) is 14.4. The zero-order chi connectivity index (χ0) is 21.8. The Morgan fingerprint density at radius 1 is 0.700 bits per heavy atom. The maximum absolute atomic E-state index is 3.11. The van der Waals surface area contributed by atoms with Gasteiger partial charge in [0.2, 0.25) is 0 Å². The van der Waals surface area contributed by atoms with Gasteiger partial charge in [-0.1, -0.05) is 24.3 Å². The van der Waals surface area contributed by atoms with Crippen LogP contribution < -0.4 is 19.6 Å². The van der Waals surface area contributed by atoms with Gasteiger partial charge in [0.15, 0.2) is 0 Å². The van der Waals surface area contributed by atoms with Crippen LogP contribution in [0.1, 0.15) is 34.6 Å². The van der Waals surface area contributed by atoms with Gasteiger partial charge in [-0.15, -0.1) is 0 Å². The van der Waals surface area contributed by atoms with Gasteiger partial charge in [-0.25, -0.2) is 0 Å². The van der Waals surface area contributed by atoms with Crippen molar-refractivity contribution >= 4 is 49.6 Å². The average molecular weight is 629 g/mol. The monoisotopic (exact) mass is 626 g/mol. The van der Waals surface area contributed by atoms with Crippen LogP contribution in [0.3, 0.4) is 0 Å². The third kappa shape index (κ3) is 5.01. The molecule has 2 heterocycles. The summed E-state index contributed by atoms with van der Waals surface area (Å²) in [4.78, 5) is 9.55. The molecule has 2 aliphatic rings. The predicted octanol–water partition coefficient (Wildman–Crippen LogP) is 6.77. The van der Waals surface area contributed by atoms with Gasteiger partial charge in [0.25, 0.3) is 0 Å². The van der Waals surface area contributed by atoms with Gasteiger partial charge in [-0.2, -0.15) is 13.3 Å². The van der Waals surface area contributed by atoms with E-state index in [1.54, 1.807) is 0 Å². The third-order valence-corrected chi connectivity index (χ3v) is 5.47. The van der Waals surface area contributed by atoms with Crippen LogP contribution in [0.25, 0.3) is 0 Å². The van der Waals surface area contributed by atoms with E-state index in [2.05, 4.69) is 143 Å². The summed E-state index contributed by atoms with van der Waals surface area (Å²) in [6.07, 6.45) is 0. The first-order valence-electron chi connectivity index (χ1n) is 10.2. The molecule has 1 unspecified atom stereocenters. The molecule has 0 N–H and O–H groups in total. The molecular formula is C23H30Br2N4Pd-2. The van der Waals surface area contributed by atoms with Gasteiger partial charge in [0.05, 0.1) is 0 Å². The first kappa shape index (κ1) is 23.9. The van der Waals surface area contributed by atoms with E-state index < -0.39 is 0 Å². The number of fused-ring (bicyclic) bond motifs is 2. The molecule has 0 aliphatic carbocycles. The Kier molecular flexibility index (Phi) is 8.55. The Hall–Kier alpha value is -0.738. The molecule has 4 nitrogen and oxygen atoms in total. The SMILES string of the molecule is CC(C)N1[CH-]N(CC(C)N2[CH-]N(C(C)C)c3ccccc32)c2ccccc21.[Br][Pd][Br]. The van der Waals surface area contributed by atoms with Gasteiger partial charge >= 0.3 is 40.8 Å². The molecule has 1 atom stereocenters. The van der Waals surface area contributed by atoms with E-state index in [4.69, 9.17) is 0 Å². The molecule has 0 bridgehead atoms. The standard InChI is InChI=1S/C23H30N4.2BrH.Pd/c1-17(2)25-15-24(20-10-6-7-11-21(20)25)14-19(5)27-16-26(18(3)4)22-12-8-9-13-23(22)27;;;/h6-13,15-19H,14H2,1-5H3;2*1H;/q-2;;;+2/p-2. The van der Waals surface area contributed by atoms with E-state index in [1.807, 2.05) is 0 Å². The quantitative estimate of drug-likeness (QED) is 0.268. The van der Waals surface area contributed by atoms with E-state index in [9.17, 15) is 0 Å². The molecule has 2 aromatic rings. The number of benzene rings is 2. The molecule has 30 heavy (non-hydrogen) atoms. The van der Waals surface area contributed by atoms with Gasteiger partial charge < -0.3 is 19.6 Å². The Morgan fingerprint density at radius 2 is 1.10 bits per heavy atom. The van der Waals surface area contributed by atoms with Crippen molar-refractivity contribution in [3.63, 3.8) is 0 Å². The molecule has 0 spiro atoms. The Bertz CT molecular complexity index is 832. The van der Waals surface area contributed by atoms with Crippen LogP contribution in [0.15, 0.2) is 48.5 Å². The second-order valence-corrected chi connectivity index (χ2v) is 15.3.